The van der Waals surface area contributed by atoms with Crippen LogP contribution in [0.5, 0.6) is 0 Å². The zero-order valence-corrected chi connectivity index (χ0v) is 12.5. The molecule has 0 N–H and O–H groups in total. The van der Waals surface area contributed by atoms with Crippen molar-refractivity contribution >= 4 is 16.8 Å². The highest BCUT2D eigenvalue weighted by Gasteiger charge is 2.19. The zero-order chi connectivity index (χ0) is 14.4. The lowest BCUT2D eigenvalue weighted by atomic mass is 10.1. The van der Waals surface area contributed by atoms with Crippen molar-refractivity contribution in [3.63, 3.8) is 0 Å². The Morgan fingerprint density at radius 1 is 1.40 bits per heavy atom. The van der Waals surface area contributed by atoms with Crippen LogP contribution in [-0.4, -0.2) is 35.8 Å². The van der Waals surface area contributed by atoms with Crippen LogP contribution in [0.3, 0.4) is 0 Å². The molecule has 5 heteroatoms. The highest BCUT2D eigenvalue weighted by atomic mass is 32.2. The highest BCUT2D eigenvalue weighted by molar-refractivity contribution is 7.84. The number of benzene rings is 1. The van der Waals surface area contributed by atoms with Crippen molar-refractivity contribution in [2.45, 2.75) is 31.1 Å². The van der Waals surface area contributed by atoms with Crippen molar-refractivity contribution in [3.8, 4) is 0 Å². The van der Waals surface area contributed by atoms with Crippen LogP contribution in [0.2, 0.25) is 0 Å². The van der Waals surface area contributed by atoms with Crippen molar-refractivity contribution in [2.24, 2.45) is 0 Å². The number of hydrogen-bond donors (Lipinski definition) is 0. The second kappa shape index (κ2) is 7.55. The minimum absolute atomic E-state index is 0.128. The van der Waals surface area contributed by atoms with Gasteiger partial charge in [-0.15, -0.1) is 0 Å². The Bertz CT molecular complexity index is 481. The number of hydrogen-bond acceptors (Lipinski definition) is 4. The number of carbonyl (C=O) groups is 1. The molecule has 0 spiro atoms. The van der Waals surface area contributed by atoms with Gasteiger partial charge in [0.15, 0.2) is 0 Å². The van der Waals surface area contributed by atoms with E-state index in [1.165, 1.54) is 7.11 Å². The van der Waals surface area contributed by atoms with Gasteiger partial charge in [-0.2, -0.15) is 0 Å². The molecule has 0 radical (unpaired) electrons. The molecule has 4 nitrogen and oxygen atoms in total. The van der Waals surface area contributed by atoms with Crippen LogP contribution in [0.15, 0.2) is 24.3 Å². The second-order valence-corrected chi connectivity index (χ2v) is 6.41. The van der Waals surface area contributed by atoms with Crippen LogP contribution in [0, 0.1) is 0 Å². The molecule has 0 bridgehead atoms. The minimum atomic E-state index is -0.965. The first kappa shape index (κ1) is 15.2. The summed E-state index contributed by atoms with van der Waals surface area (Å²) in [6.07, 6.45) is 2.41. The molecule has 0 aromatic heterocycles. The molecule has 2 atom stereocenters. The molecule has 0 amide bonds. The van der Waals surface area contributed by atoms with E-state index in [1.807, 2.05) is 24.3 Å². The van der Waals surface area contributed by atoms with Crippen LogP contribution in [0.25, 0.3) is 0 Å². The van der Waals surface area contributed by atoms with Gasteiger partial charge in [-0.3, -0.25) is 9.00 Å². The first-order valence-electron chi connectivity index (χ1n) is 6.79. The standard InChI is InChI=1S/C15H20O4S/c1-18-15(16)9-12-5-2-3-6-13(12)10-20(17)11-14-7-4-8-19-14/h2-3,5-6,14H,4,7-11H2,1H3. The number of ether oxygens (including phenoxy) is 2. The molecule has 1 aliphatic rings. The van der Waals surface area contributed by atoms with Crippen LogP contribution >= 0.6 is 0 Å². The lowest BCUT2D eigenvalue weighted by Gasteiger charge is -2.11. The molecule has 0 aliphatic carbocycles. The van der Waals surface area contributed by atoms with E-state index in [0.29, 0.717) is 11.5 Å². The number of carbonyl (C=O) groups excluding carboxylic acids is 1. The fourth-order valence-electron chi connectivity index (χ4n) is 2.31. The van der Waals surface area contributed by atoms with E-state index >= 15 is 0 Å². The van der Waals surface area contributed by atoms with Gasteiger partial charge in [-0.1, -0.05) is 24.3 Å². The van der Waals surface area contributed by atoms with Gasteiger partial charge in [0.25, 0.3) is 0 Å². The summed E-state index contributed by atoms with van der Waals surface area (Å²) in [6.45, 7) is 0.779. The summed E-state index contributed by atoms with van der Waals surface area (Å²) in [5.74, 6) is 0.766. The predicted molar refractivity (Wildman–Crippen MR) is 77.8 cm³/mol. The minimum Gasteiger partial charge on any atom is -0.469 e. The van der Waals surface area contributed by atoms with Gasteiger partial charge in [0, 0.05) is 23.2 Å². The van der Waals surface area contributed by atoms with Crippen LogP contribution in [0.4, 0.5) is 0 Å². The van der Waals surface area contributed by atoms with E-state index < -0.39 is 10.8 Å². The molecule has 1 fully saturated rings. The van der Waals surface area contributed by atoms with Crippen LogP contribution in [-0.2, 0) is 37.2 Å². The van der Waals surface area contributed by atoms with Gasteiger partial charge in [0.05, 0.1) is 25.4 Å². The number of esters is 1. The first-order chi connectivity index (χ1) is 9.69. The van der Waals surface area contributed by atoms with Gasteiger partial charge in [0.2, 0.25) is 0 Å². The summed E-state index contributed by atoms with van der Waals surface area (Å²) in [7, 11) is 0.411. The van der Waals surface area contributed by atoms with E-state index in [9.17, 15) is 9.00 Å². The van der Waals surface area contributed by atoms with Crippen molar-refractivity contribution in [2.75, 3.05) is 19.5 Å². The number of rotatable bonds is 6. The van der Waals surface area contributed by atoms with Gasteiger partial charge < -0.3 is 9.47 Å². The largest absolute Gasteiger partial charge is 0.469 e. The van der Waals surface area contributed by atoms with Gasteiger partial charge in [-0.25, -0.2) is 0 Å². The maximum atomic E-state index is 12.2. The van der Waals surface area contributed by atoms with Crippen molar-refractivity contribution in [1.82, 2.24) is 0 Å². The van der Waals surface area contributed by atoms with Gasteiger partial charge >= 0.3 is 5.97 Å². The molecule has 20 heavy (non-hydrogen) atoms. The first-order valence-corrected chi connectivity index (χ1v) is 8.28. The monoisotopic (exact) mass is 296 g/mol. The summed E-state index contributed by atoms with van der Waals surface area (Å²) in [4.78, 5) is 11.4. The molecule has 110 valence electrons. The Balaban J connectivity index is 1.97. The Kier molecular flexibility index (Phi) is 5.73. The highest BCUT2D eigenvalue weighted by Crippen LogP contribution is 2.17. The maximum absolute atomic E-state index is 12.2. The van der Waals surface area contributed by atoms with E-state index in [1.54, 1.807) is 0 Å². The smallest absolute Gasteiger partial charge is 0.309 e. The molecule has 1 aromatic rings. The molecule has 1 aliphatic heterocycles. The van der Waals surface area contributed by atoms with Crippen LogP contribution < -0.4 is 0 Å². The fourth-order valence-corrected chi connectivity index (χ4v) is 3.74. The molecule has 2 rings (SSSR count). The molecule has 1 saturated heterocycles. The van der Waals surface area contributed by atoms with Crippen LogP contribution in [0.1, 0.15) is 24.0 Å². The molecule has 0 saturated carbocycles. The molecule has 1 aromatic carbocycles. The third-order valence-electron chi connectivity index (χ3n) is 3.39. The summed E-state index contributed by atoms with van der Waals surface area (Å²) in [5, 5.41) is 0. The summed E-state index contributed by atoms with van der Waals surface area (Å²) < 4.78 is 22.4. The molecular weight excluding hydrogens is 276 g/mol. The summed E-state index contributed by atoms with van der Waals surface area (Å²) >= 11 is 0. The van der Waals surface area contributed by atoms with Crippen molar-refractivity contribution in [1.29, 1.82) is 0 Å². The average Bonchev–Trinajstić information content (AvgIpc) is 2.93. The summed E-state index contributed by atoms with van der Waals surface area (Å²) in [5.41, 5.74) is 1.84. The van der Waals surface area contributed by atoms with Crippen molar-refractivity contribution in [3.05, 3.63) is 35.4 Å². The summed E-state index contributed by atoms with van der Waals surface area (Å²) in [6, 6.07) is 7.59. The fraction of sp³-hybridized carbons (Fsp3) is 0.533. The topological polar surface area (TPSA) is 52.6 Å². The van der Waals surface area contributed by atoms with E-state index in [2.05, 4.69) is 4.74 Å². The van der Waals surface area contributed by atoms with Gasteiger partial charge in [0.1, 0.15) is 0 Å². The lowest BCUT2D eigenvalue weighted by Crippen LogP contribution is -2.17. The van der Waals surface area contributed by atoms with Gasteiger partial charge in [-0.05, 0) is 24.0 Å². The third-order valence-corrected chi connectivity index (χ3v) is 4.77. The van der Waals surface area contributed by atoms with E-state index in [-0.39, 0.29) is 18.5 Å². The Morgan fingerprint density at radius 2 is 2.15 bits per heavy atom. The maximum Gasteiger partial charge on any atom is 0.309 e. The normalized spacial score (nSPS) is 19.8. The Morgan fingerprint density at radius 3 is 2.80 bits per heavy atom. The third kappa shape index (κ3) is 4.42. The molecular formula is C15H20O4S. The Labute approximate surface area is 121 Å². The van der Waals surface area contributed by atoms with Crippen molar-refractivity contribution < 1.29 is 18.5 Å². The second-order valence-electron chi connectivity index (χ2n) is 4.91. The van der Waals surface area contributed by atoms with E-state index in [4.69, 9.17) is 4.74 Å². The molecule has 1 heterocycles. The average molecular weight is 296 g/mol. The lowest BCUT2D eigenvalue weighted by molar-refractivity contribution is -0.139. The predicted octanol–water partition coefficient (Wildman–Crippen LogP) is 1.83. The van der Waals surface area contributed by atoms with E-state index in [0.717, 1.165) is 30.6 Å². The molecule has 2 unspecified atom stereocenters. The quantitative estimate of drug-likeness (QED) is 0.752. The Hall–Kier alpha value is -1.20. The SMILES string of the molecule is COC(=O)Cc1ccccc1CS(=O)CC1CCCO1. The number of methoxy groups -OCH3 is 1. The zero-order valence-electron chi connectivity index (χ0n) is 11.7.